The molecule has 0 aliphatic carbocycles. The highest BCUT2D eigenvalue weighted by Crippen LogP contribution is 2.26. The van der Waals surface area contributed by atoms with Gasteiger partial charge in [0.25, 0.3) is 0 Å². The van der Waals surface area contributed by atoms with Crippen molar-refractivity contribution in [1.29, 1.82) is 0 Å². The second kappa shape index (κ2) is 6.43. The van der Waals surface area contributed by atoms with Gasteiger partial charge in [0.1, 0.15) is 0 Å². The second-order valence-electron chi connectivity index (χ2n) is 4.71. The normalized spacial score (nSPS) is 26.0. The standard InChI is InChI=1S/C14H21NOS/c1-11-14(7-8-17-11)15-13(10-16)9-12-5-3-2-4-6-12/h2-6,11,13-16H,7-10H2,1H3/t11?,13-,14?/m1/s1. The molecule has 0 radical (unpaired) electrons. The van der Waals surface area contributed by atoms with Gasteiger partial charge in [-0.2, -0.15) is 11.8 Å². The average Bonchev–Trinajstić information content (AvgIpc) is 2.75. The monoisotopic (exact) mass is 251 g/mol. The van der Waals surface area contributed by atoms with Crippen molar-refractivity contribution < 1.29 is 5.11 Å². The molecule has 2 nitrogen and oxygen atoms in total. The van der Waals surface area contributed by atoms with Gasteiger partial charge in [-0.15, -0.1) is 0 Å². The maximum Gasteiger partial charge on any atom is 0.0587 e. The molecule has 1 aliphatic heterocycles. The molecular formula is C14H21NOS. The van der Waals surface area contributed by atoms with Crippen LogP contribution in [0.3, 0.4) is 0 Å². The fraction of sp³-hybridized carbons (Fsp3) is 0.571. The van der Waals surface area contributed by atoms with E-state index in [0.29, 0.717) is 11.3 Å². The summed E-state index contributed by atoms with van der Waals surface area (Å²) >= 11 is 2.02. The largest absolute Gasteiger partial charge is 0.395 e. The first kappa shape index (κ1) is 12.9. The maximum absolute atomic E-state index is 9.46. The Labute approximate surface area is 108 Å². The topological polar surface area (TPSA) is 32.3 Å². The van der Waals surface area contributed by atoms with E-state index in [4.69, 9.17) is 0 Å². The number of thioether (sulfide) groups is 1. The Hall–Kier alpha value is -0.510. The Kier molecular flexibility index (Phi) is 4.89. The lowest BCUT2D eigenvalue weighted by Crippen LogP contribution is -2.44. The van der Waals surface area contributed by atoms with Crippen LogP contribution in [-0.2, 0) is 6.42 Å². The summed E-state index contributed by atoms with van der Waals surface area (Å²) < 4.78 is 0. The molecule has 0 bridgehead atoms. The molecule has 0 amide bonds. The van der Waals surface area contributed by atoms with E-state index < -0.39 is 0 Å². The first-order chi connectivity index (χ1) is 8.29. The van der Waals surface area contributed by atoms with Gasteiger partial charge in [0.2, 0.25) is 0 Å². The van der Waals surface area contributed by atoms with Crippen molar-refractivity contribution in [1.82, 2.24) is 5.32 Å². The summed E-state index contributed by atoms with van der Waals surface area (Å²) in [6.45, 7) is 2.48. The minimum Gasteiger partial charge on any atom is -0.395 e. The second-order valence-corrected chi connectivity index (χ2v) is 6.19. The van der Waals surface area contributed by atoms with E-state index in [-0.39, 0.29) is 12.6 Å². The first-order valence-corrected chi connectivity index (χ1v) is 7.37. The number of nitrogens with one attached hydrogen (secondary N) is 1. The van der Waals surface area contributed by atoms with Crippen LogP contribution >= 0.6 is 11.8 Å². The molecule has 1 aromatic carbocycles. The Morgan fingerprint density at radius 3 is 2.76 bits per heavy atom. The van der Waals surface area contributed by atoms with E-state index in [9.17, 15) is 5.11 Å². The van der Waals surface area contributed by atoms with Crippen LogP contribution in [-0.4, -0.2) is 34.8 Å². The van der Waals surface area contributed by atoms with Gasteiger partial charge in [-0.05, 0) is 24.2 Å². The van der Waals surface area contributed by atoms with Crippen LogP contribution in [0.5, 0.6) is 0 Å². The molecule has 2 rings (SSSR count). The molecule has 2 unspecified atom stereocenters. The van der Waals surface area contributed by atoms with E-state index in [1.54, 1.807) is 0 Å². The van der Waals surface area contributed by atoms with Crippen LogP contribution in [0.25, 0.3) is 0 Å². The molecule has 3 heteroatoms. The highest BCUT2D eigenvalue weighted by molar-refractivity contribution is 8.00. The molecule has 1 heterocycles. The van der Waals surface area contributed by atoms with Gasteiger partial charge in [-0.25, -0.2) is 0 Å². The quantitative estimate of drug-likeness (QED) is 0.840. The number of hydrogen-bond donors (Lipinski definition) is 2. The van der Waals surface area contributed by atoms with E-state index >= 15 is 0 Å². The third-order valence-corrected chi connectivity index (χ3v) is 4.70. The summed E-state index contributed by atoms with van der Waals surface area (Å²) in [6.07, 6.45) is 2.13. The minimum atomic E-state index is 0.184. The maximum atomic E-state index is 9.46. The van der Waals surface area contributed by atoms with E-state index in [1.807, 2.05) is 17.8 Å². The van der Waals surface area contributed by atoms with Crippen molar-refractivity contribution in [2.75, 3.05) is 12.4 Å². The summed E-state index contributed by atoms with van der Waals surface area (Å²) in [5, 5.41) is 13.7. The fourth-order valence-electron chi connectivity index (χ4n) is 2.33. The lowest BCUT2D eigenvalue weighted by Gasteiger charge is -2.23. The van der Waals surface area contributed by atoms with Crippen LogP contribution in [0.2, 0.25) is 0 Å². The van der Waals surface area contributed by atoms with Gasteiger partial charge in [0.05, 0.1) is 6.61 Å². The van der Waals surface area contributed by atoms with Crippen LogP contribution in [0.4, 0.5) is 0 Å². The zero-order valence-corrected chi connectivity index (χ0v) is 11.1. The molecule has 1 aliphatic rings. The van der Waals surface area contributed by atoms with Crippen molar-refractivity contribution in [2.45, 2.75) is 37.1 Å². The molecule has 0 saturated carbocycles. The molecule has 17 heavy (non-hydrogen) atoms. The van der Waals surface area contributed by atoms with Crippen molar-refractivity contribution in [3.8, 4) is 0 Å². The predicted molar refractivity (Wildman–Crippen MR) is 74.5 cm³/mol. The Balaban J connectivity index is 1.88. The fourth-order valence-corrected chi connectivity index (χ4v) is 3.54. The number of hydrogen-bond acceptors (Lipinski definition) is 3. The molecule has 1 saturated heterocycles. The Bertz CT molecular complexity index is 330. The van der Waals surface area contributed by atoms with E-state index in [0.717, 1.165) is 6.42 Å². The molecule has 0 aromatic heterocycles. The summed E-state index contributed by atoms with van der Waals surface area (Å²) in [7, 11) is 0. The van der Waals surface area contributed by atoms with Crippen LogP contribution in [0, 0.1) is 0 Å². The zero-order valence-electron chi connectivity index (χ0n) is 10.3. The van der Waals surface area contributed by atoms with Crippen molar-refractivity contribution in [3.05, 3.63) is 35.9 Å². The van der Waals surface area contributed by atoms with Gasteiger partial charge in [-0.3, -0.25) is 0 Å². The average molecular weight is 251 g/mol. The summed E-state index contributed by atoms with van der Waals surface area (Å²) in [5.74, 6) is 1.24. The minimum absolute atomic E-state index is 0.184. The Morgan fingerprint density at radius 2 is 2.18 bits per heavy atom. The SMILES string of the molecule is CC1SCCC1N[C@@H](CO)Cc1ccccc1. The van der Waals surface area contributed by atoms with Gasteiger partial charge >= 0.3 is 0 Å². The smallest absolute Gasteiger partial charge is 0.0587 e. The van der Waals surface area contributed by atoms with Crippen LogP contribution in [0.15, 0.2) is 30.3 Å². The number of benzene rings is 1. The molecule has 1 aromatic rings. The molecular weight excluding hydrogens is 230 g/mol. The lowest BCUT2D eigenvalue weighted by molar-refractivity contribution is 0.230. The molecule has 94 valence electrons. The van der Waals surface area contributed by atoms with Gasteiger partial charge in [0.15, 0.2) is 0 Å². The molecule has 1 fully saturated rings. The van der Waals surface area contributed by atoms with Crippen molar-refractivity contribution in [2.24, 2.45) is 0 Å². The summed E-state index contributed by atoms with van der Waals surface area (Å²) in [5.41, 5.74) is 1.29. The predicted octanol–water partition coefficient (Wildman–Crippen LogP) is 2.07. The van der Waals surface area contributed by atoms with Gasteiger partial charge < -0.3 is 10.4 Å². The summed E-state index contributed by atoms with van der Waals surface area (Å²) in [6, 6.07) is 11.1. The van der Waals surface area contributed by atoms with E-state index in [1.165, 1.54) is 17.7 Å². The number of aliphatic hydroxyl groups is 1. The van der Waals surface area contributed by atoms with Crippen LogP contribution in [0.1, 0.15) is 18.9 Å². The van der Waals surface area contributed by atoms with Crippen LogP contribution < -0.4 is 5.32 Å². The first-order valence-electron chi connectivity index (χ1n) is 6.32. The summed E-state index contributed by atoms with van der Waals surface area (Å²) in [4.78, 5) is 0. The van der Waals surface area contributed by atoms with E-state index in [2.05, 4.69) is 36.5 Å². The highest BCUT2D eigenvalue weighted by Gasteiger charge is 2.25. The number of rotatable bonds is 5. The van der Waals surface area contributed by atoms with Gasteiger partial charge in [-0.1, -0.05) is 37.3 Å². The molecule has 0 spiro atoms. The number of aliphatic hydroxyl groups excluding tert-OH is 1. The van der Waals surface area contributed by atoms with Crippen molar-refractivity contribution in [3.63, 3.8) is 0 Å². The van der Waals surface area contributed by atoms with Crippen molar-refractivity contribution >= 4 is 11.8 Å². The Morgan fingerprint density at radius 1 is 1.41 bits per heavy atom. The third kappa shape index (κ3) is 3.73. The zero-order chi connectivity index (χ0) is 12.1. The lowest BCUT2D eigenvalue weighted by atomic mass is 10.0. The molecule has 3 atom stereocenters. The molecule has 2 N–H and O–H groups in total. The highest BCUT2D eigenvalue weighted by atomic mass is 32.2. The third-order valence-electron chi connectivity index (χ3n) is 3.37. The van der Waals surface area contributed by atoms with Gasteiger partial charge in [0, 0.05) is 17.3 Å².